The van der Waals surface area contributed by atoms with E-state index < -0.39 is 5.97 Å². The van der Waals surface area contributed by atoms with E-state index in [9.17, 15) is 9.59 Å². The van der Waals surface area contributed by atoms with Gasteiger partial charge in [-0.05, 0) is 36.1 Å². The van der Waals surface area contributed by atoms with E-state index in [1.54, 1.807) is 13.0 Å². The minimum Gasteiger partial charge on any atom is -0.462 e. The summed E-state index contributed by atoms with van der Waals surface area (Å²) in [7, 11) is 0. The molecule has 5 nitrogen and oxygen atoms in total. The molecule has 0 radical (unpaired) electrons. The van der Waals surface area contributed by atoms with Crippen LogP contribution in [0.1, 0.15) is 38.1 Å². The molecule has 0 bridgehead atoms. The number of esters is 1. The van der Waals surface area contributed by atoms with Gasteiger partial charge in [0, 0.05) is 10.4 Å². The third kappa shape index (κ3) is 3.95. The monoisotopic (exact) mass is 407 g/mol. The quantitative estimate of drug-likeness (QED) is 0.610. The summed E-state index contributed by atoms with van der Waals surface area (Å²) in [4.78, 5) is 26.7. The van der Waals surface area contributed by atoms with E-state index >= 15 is 0 Å². The number of benzene rings is 2. The standard InChI is InChI=1S/C23H21NO4S/c1-2-28-23(26)20-18-12-13-27-14-19(18)29-22(20)24-21(25)17-11-7-6-10-16(17)15-8-4-3-5-9-15/h3-11H,2,12-14H2,1H3,(H,24,25). The molecular formula is C23H21NO4S. The van der Waals surface area contributed by atoms with E-state index in [-0.39, 0.29) is 12.5 Å². The molecule has 2 aromatic carbocycles. The number of anilines is 1. The minimum atomic E-state index is -0.404. The Hall–Kier alpha value is -2.96. The molecule has 1 N–H and O–H groups in total. The van der Waals surface area contributed by atoms with E-state index in [0.717, 1.165) is 21.6 Å². The topological polar surface area (TPSA) is 64.6 Å². The van der Waals surface area contributed by atoms with Gasteiger partial charge in [0.25, 0.3) is 5.91 Å². The average Bonchev–Trinajstić information content (AvgIpc) is 3.12. The summed E-state index contributed by atoms with van der Waals surface area (Å²) >= 11 is 1.38. The molecule has 1 aliphatic heterocycles. The Balaban J connectivity index is 1.70. The summed E-state index contributed by atoms with van der Waals surface area (Å²) in [6.45, 7) is 3.06. The van der Waals surface area contributed by atoms with Crippen molar-refractivity contribution in [1.29, 1.82) is 0 Å². The van der Waals surface area contributed by atoms with Gasteiger partial charge in [-0.1, -0.05) is 48.5 Å². The summed E-state index contributed by atoms with van der Waals surface area (Å²) in [6, 6.07) is 17.2. The number of hydrogen-bond donors (Lipinski definition) is 1. The van der Waals surface area contributed by atoms with E-state index in [2.05, 4.69) is 5.32 Å². The maximum Gasteiger partial charge on any atom is 0.341 e. The van der Waals surface area contributed by atoms with Crippen LogP contribution in [-0.2, 0) is 22.5 Å². The van der Waals surface area contributed by atoms with Gasteiger partial charge >= 0.3 is 5.97 Å². The number of hydrogen-bond acceptors (Lipinski definition) is 5. The number of thiophene rings is 1. The predicted molar refractivity (Wildman–Crippen MR) is 113 cm³/mol. The van der Waals surface area contributed by atoms with Gasteiger partial charge in [-0.3, -0.25) is 4.79 Å². The molecule has 1 amide bonds. The highest BCUT2D eigenvalue weighted by Crippen LogP contribution is 2.37. The van der Waals surface area contributed by atoms with Gasteiger partial charge in [-0.15, -0.1) is 11.3 Å². The Bertz CT molecular complexity index is 1040. The molecular weight excluding hydrogens is 386 g/mol. The molecule has 148 valence electrons. The second kappa shape index (κ2) is 8.59. The number of amides is 1. The van der Waals surface area contributed by atoms with Crippen LogP contribution in [-0.4, -0.2) is 25.1 Å². The van der Waals surface area contributed by atoms with Crippen molar-refractivity contribution in [2.45, 2.75) is 20.0 Å². The van der Waals surface area contributed by atoms with Crippen molar-refractivity contribution in [3.05, 3.63) is 76.2 Å². The predicted octanol–water partition coefficient (Wildman–Crippen LogP) is 4.92. The third-order valence-corrected chi connectivity index (χ3v) is 5.90. The van der Waals surface area contributed by atoms with Gasteiger partial charge in [0.15, 0.2) is 0 Å². The molecule has 0 aliphatic carbocycles. The lowest BCUT2D eigenvalue weighted by molar-refractivity contribution is 0.0524. The van der Waals surface area contributed by atoms with Gasteiger partial charge in [-0.2, -0.15) is 0 Å². The molecule has 6 heteroatoms. The first-order valence-corrected chi connectivity index (χ1v) is 10.4. The number of fused-ring (bicyclic) bond motifs is 1. The zero-order valence-corrected chi connectivity index (χ0v) is 16.9. The van der Waals surface area contributed by atoms with Crippen molar-refractivity contribution in [2.24, 2.45) is 0 Å². The average molecular weight is 407 g/mol. The first-order valence-electron chi connectivity index (χ1n) is 9.54. The Kier molecular flexibility index (Phi) is 5.74. The molecule has 2 heterocycles. The van der Waals surface area contributed by atoms with Crippen LogP contribution in [0.3, 0.4) is 0 Å². The normalized spacial score (nSPS) is 12.9. The molecule has 0 saturated heterocycles. The van der Waals surface area contributed by atoms with Crippen molar-refractivity contribution < 1.29 is 19.1 Å². The highest BCUT2D eigenvalue weighted by Gasteiger charge is 2.28. The van der Waals surface area contributed by atoms with Gasteiger partial charge in [-0.25, -0.2) is 4.79 Å². The summed E-state index contributed by atoms with van der Waals surface area (Å²) in [5, 5.41) is 3.48. The van der Waals surface area contributed by atoms with Crippen molar-refractivity contribution in [2.75, 3.05) is 18.5 Å². The maximum absolute atomic E-state index is 13.2. The molecule has 0 unspecified atom stereocenters. The van der Waals surface area contributed by atoms with Gasteiger partial charge in [0.05, 0.1) is 25.4 Å². The Morgan fingerprint density at radius 3 is 2.66 bits per heavy atom. The van der Waals surface area contributed by atoms with E-state index in [4.69, 9.17) is 9.47 Å². The molecule has 29 heavy (non-hydrogen) atoms. The van der Waals surface area contributed by atoms with Gasteiger partial charge in [0.1, 0.15) is 5.00 Å². The summed E-state index contributed by atoms with van der Waals surface area (Å²) < 4.78 is 10.8. The number of carbonyl (C=O) groups is 2. The molecule has 3 aromatic rings. The minimum absolute atomic E-state index is 0.255. The number of rotatable bonds is 5. The first kappa shape index (κ1) is 19.4. The number of nitrogens with one attached hydrogen (secondary N) is 1. The van der Waals surface area contributed by atoms with Crippen LogP contribution in [0.4, 0.5) is 5.00 Å². The summed E-state index contributed by atoms with van der Waals surface area (Å²) in [5.74, 6) is -0.659. The molecule has 0 atom stereocenters. The van der Waals surface area contributed by atoms with Crippen LogP contribution in [0.15, 0.2) is 54.6 Å². The van der Waals surface area contributed by atoms with Gasteiger partial charge < -0.3 is 14.8 Å². The van der Waals surface area contributed by atoms with Crippen LogP contribution >= 0.6 is 11.3 Å². The number of carbonyl (C=O) groups excluding carboxylic acids is 2. The molecule has 0 fully saturated rings. The molecule has 0 spiro atoms. The highest BCUT2D eigenvalue weighted by molar-refractivity contribution is 7.17. The maximum atomic E-state index is 13.2. The molecule has 4 rings (SSSR count). The fraction of sp³-hybridized carbons (Fsp3) is 0.217. The van der Waals surface area contributed by atoms with Crippen LogP contribution in [0.2, 0.25) is 0 Å². The molecule has 1 aromatic heterocycles. The fourth-order valence-corrected chi connectivity index (χ4v) is 4.63. The fourth-order valence-electron chi connectivity index (χ4n) is 3.46. The molecule has 1 aliphatic rings. The SMILES string of the molecule is CCOC(=O)c1c(NC(=O)c2ccccc2-c2ccccc2)sc2c1CCOC2. The van der Waals surface area contributed by atoms with Crippen LogP contribution in [0.5, 0.6) is 0 Å². The zero-order chi connectivity index (χ0) is 20.2. The van der Waals surface area contributed by atoms with Gasteiger partial charge in [0.2, 0.25) is 0 Å². The molecule has 0 saturated carbocycles. The largest absolute Gasteiger partial charge is 0.462 e. The Morgan fingerprint density at radius 1 is 1.10 bits per heavy atom. The highest BCUT2D eigenvalue weighted by atomic mass is 32.1. The van der Waals surface area contributed by atoms with Crippen LogP contribution in [0, 0.1) is 0 Å². The van der Waals surface area contributed by atoms with Crippen molar-refractivity contribution in [1.82, 2.24) is 0 Å². The van der Waals surface area contributed by atoms with E-state index in [1.807, 2.05) is 48.5 Å². The summed E-state index contributed by atoms with van der Waals surface area (Å²) in [6.07, 6.45) is 0.635. The third-order valence-electron chi connectivity index (χ3n) is 4.78. The first-order chi connectivity index (χ1) is 14.2. The van der Waals surface area contributed by atoms with Crippen LogP contribution in [0.25, 0.3) is 11.1 Å². The second-order valence-corrected chi connectivity index (χ2v) is 7.70. The Labute approximate surface area is 173 Å². The lowest BCUT2D eigenvalue weighted by atomic mass is 9.99. The van der Waals surface area contributed by atoms with Crippen molar-refractivity contribution in [3.63, 3.8) is 0 Å². The zero-order valence-electron chi connectivity index (χ0n) is 16.1. The summed E-state index contributed by atoms with van der Waals surface area (Å²) in [5.41, 5.74) is 3.74. The van der Waals surface area contributed by atoms with Crippen molar-refractivity contribution >= 4 is 28.2 Å². The smallest absolute Gasteiger partial charge is 0.341 e. The Morgan fingerprint density at radius 2 is 1.86 bits per heavy atom. The lowest BCUT2D eigenvalue weighted by Crippen LogP contribution is -2.17. The van der Waals surface area contributed by atoms with E-state index in [0.29, 0.717) is 35.8 Å². The van der Waals surface area contributed by atoms with E-state index in [1.165, 1.54) is 11.3 Å². The van der Waals surface area contributed by atoms with Crippen molar-refractivity contribution in [3.8, 4) is 11.1 Å². The number of ether oxygens (including phenoxy) is 2. The lowest BCUT2D eigenvalue weighted by Gasteiger charge is -2.13. The second-order valence-electron chi connectivity index (χ2n) is 6.60. The van der Waals surface area contributed by atoms with Crippen LogP contribution < -0.4 is 5.32 Å².